The van der Waals surface area contributed by atoms with Crippen molar-refractivity contribution < 1.29 is 9.59 Å². The van der Waals surface area contributed by atoms with E-state index in [2.05, 4.69) is 10.3 Å². The number of nitrogens with zero attached hydrogens (tertiary/aromatic N) is 1. The summed E-state index contributed by atoms with van der Waals surface area (Å²) in [5, 5.41) is 3.26. The Morgan fingerprint density at radius 1 is 1.14 bits per heavy atom. The van der Waals surface area contributed by atoms with Gasteiger partial charge in [-0.1, -0.05) is 29.5 Å². The van der Waals surface area contributed by atoms with Crippen molar-refractivity contribution in [3.63, 3.8) is 0 Å². The van der Waals surface area contributed by atoms with Gasteiger partial charge in [0.15, 0.2) is 5.13 Å². The highest BCUT2D eigenvalue weighted by Crippen LogP contribution is 2.30. The number of hydrogen-bond donors (Lipinski definition) is 2. The number of rotatable bonds is 3. The number of nitrogens with one attached hydrogen (secondary N) is 1. The number of benzene rings is 2. The van der Waals surface area contributed by atoms with Crippen LogP contribution in [-0.2, 0) is 4.79 Å². The number of amides is 2. The lowest BCUT2D eigenvalue weighted by molar-refractivity contribution is -0.114. The van der Waals surface area contributed by atoms with Crippen LogP contribution < -0.4 is 11.1 Å². The van der Waals surface area contributed by atoms with E-state index in [1.54, 1.807) is 18.2 Å². The minimum Gasteiger partial charge on any atom is -0.366 e. The number of fused-ring (bicyclic) bond motifs is 1. The molecule has 1 aromatic heterocycles. The van der Waals surface area contributed by atoms with E-state index in [0.717, 1.165) is 21.3 Å². The monoisotopic (exact) mass is 311 g/mol. The summed E-state index contributed by atoms with van der Waals surface area (Å²) in [6.45, 7) is 1.45. The van der Waals surface area contributed by atoms with Crippen LogP contribution >= 0.6 is 11.3 Å². The van der Waals surface area contributed by atoms with Crippen molar-refractivity contribution in [3.8, 4) is 11.1 Å². The fraction of sp³-hybridized carbons (Fsp3) is 0.0625. The number of nitrogens with two attached hydrogens (primary N) is 1. The standard InChI is InChI=1S/C16H13N3O2S/c1-9(20)18-16-19-13-6-5-11(8-14(13)22-16)10-3-2-4-12(7-10)15(17)21/h2-8H,1H3,(H2,17,21)(H,18,19,20). The zero-order valence-electron chi connectivity index (χ0n) is 11.8. The molecule has 0 saturated carbocycles. The Morgan fingerprint density at radius 3 is 2.64 bits per heavy atom. The Kier molecular flexibility index (Phi) is 3.60. The molecule has 0 spiro atoms. The third-order valence-corrected chi connectivity index (χ3v) is 4.09. The maximum Gasteiger partial charge on any atom is 0.248 e. The van der Waals surface area contributed by atoms with Gasteiger partial charge < -0.3 is 11.1 Å². The van der Waals surface area contributed by atoms with Gasteiger partial charge in [0.25, 0.3) is 0 Å². The SMILES string of the molecule is CC(=O)Nc1nc2ccc(-c3cccc(C(N)=O)c3)cc2s1. The van der Waals surface area contributed by atoms with Crippen molar-refractivity contribution in [3.05, 3.63) is 48.0 Å². The molecule has 0 radical (unpaired) electrons. The van der Waals surface area contributed by atoms with Crippen LogP contribution in [0.3, 0.4) is 0 Å². The first-order chi connectivity index (χ1) is 10.5. The molecule has 0 atom stereocenters. The van der Waals surface area contributed by atoms with Gasteiger partial charge in [0.1, 0.15) is 0 Å². The van der Waals surface area contributed by atoms with E-state index in [4.69, 9.17) is 5.73 Å². The van der Waals surface area contributed by atoms with Crippen molar-refractivity contribution in [1.29, 1.82) is 0 Å². The molecule has 1 heterocycles. The summed E-state index contributed by atoms with van der Waals surface area (Å²) in [6.07, 6.45) is 0. The fourth-order valence-electron chi connectivity index (χ4n) is 2.16. The van der Waals surface area contributed by atoms with E-state index < -0.39 is 5.91 Å². The first-order valence-corrected chi connectivity index (χ1v) is 7.43. The molecule has 2 amide bonds. The van der Waals surface area contributed by atoms with Crippen LogP contribution in [0.5, 0.6) is 0 Å². The Morgan fingerprint density at radius 2 is 1.91 bits per heavy atom. The van der Waals surface area contributed by atoms with E-state index >= 15 is 0 Å². The normalized spacial score (nSPS) is 10.6. The zero-order chi connectivity index (χ0) is 15.7. The lowest BCUT2D eigenvalue weighted by Gasteiger charge is -2.03. The number of thiazole rings is 1. The van der Waals surface area contributed by atoms with Gasteiger partial charge in [-0.2, -0.15) is 0 Å². The van der Waals surface area contributed by atoms with E-state index in [-0.39, 0.29) is 5.91 Å². The molecule has 3 N–H and O–H groups in total. The number of primary amides is 1. The van der Waals surface area contributed by atoms with Crippen LogP contribution in [-0.4, -0.2) is 16.8 Å². The van der Waals surface area contributed by atoms with E-state index in [0.29, 0.717) is 10.7 Å². The van der Waals surface area contributed by atoms with Gasteiger partial charge in [0.2, 0.25) is 11.8 Å². The summed E-state index contributed by atoms with van der Waals surface area (Å²) in [5.41, 5.74) is 8.49. The molecular formula is C16H13N3O2S. The van der Waals surface area contributed by atoms with Crippen LogP contribution in [0.4, 0.5) is 5.13 Å². The van der Waals surface area contributed by atoms with E-state index in [1.165, 1.54) is 18.3 Å². The average Bonchev–Trinajstić information content (AvgIpc) is 2.87. The second-order valence-electron chi connectivity index (χ2n) is 4.83. The largest absolute Gasteiger partial charge is 0.366 e. The summed E-state index contributed by atoms with van der Waals surface area (Å²) in [6, 6.07) is 13.0. The number of carbonyl (C=O) groups excluding carboxylic acids is 2. The van der Waals surface area contributed by atoms with Crippen molar-refractivity contribution in [2.24, 2.45) is 5.73 Å². The summed E-state index contributed by atoms with van der Waals surface area (Å²) >= 11 is 1.41. The first kappa shape index (κ1) is 14.2. The molecule has 0 bridgehead atoms. The highest BCUT2D eigenvalue weighted by Gasteiger charge is 2.08. The second-order valence-corrected chi connectivity index (χ2v) is 5.86. The Hall–Kier alpha value is -2.73. The van der Waals surface area contributed by atoms with Crippen LogP contribution in [0.15, 0.2) is 42.5 Å². The predicted molar refractivity (Wildman–Crippen MR) is 87.9 cm³/mol. The average molecular weight is 311 g/mol. The third-order valence-electron chi connectivity index (χ3n) is 3.15. The Bertz CT molecular complexity index is 886. The number of aromatic nitrogens is 1. The van der Waals surface area contributed by atoms with Gasteiger partial charge in [-0.05, 0) is 35.4 Å². The van der Waals surface area contributed by atoms with Crippen molar-refractivity contribution >= 4 is 38.5 Å². The second kappa shape index (κ2) is 5.57. The molecular weight excluding hydrogens is 298 g/mol. The molecule has 22 heavy (non-hydrogen) atoms. The van der Waals surface area contributed by atoms with Crippen LogP contribution in [0.2, 0.25) is 0 Å². The maximum absolute atomic E-state index is 11.3. The third kappa shape index (κ3) is 2.82. The summed E-state index contributed by atoms with van der Waals surface area (Å²) < 4.78 is 0.964. The van der Waals surface area contributed by atoms with E-state index in [1.807, 2.05) is 24.3 Å². The quantitative estimate of drug-likeness (QED) is 0.779. The molecule has 5 nitrogen and oxygen atoms in total. The number of anilines is 1. The van der Waals surface area contributed by atoms with Gasteiger partial charge in [0.05, 0.1) is 10.2 Å². The van der Waals surface area contributed by atoms with Crippen LogP contribution in [0, 0.1) is 0 Å². The van der Waals surface area contributed by atoms with Crippen molar-refractivity contribution in [2.75, 3.05) is 5.32 Å². The van der Waals surface area contributed by atoms with Gasteiger partial charge in [-0.25, -0.2) is 4.98 Å². The number of hydrogen-bond acceptors (Lipinski definition) is 4. The summed E-state index contributed by atoms with van der Waals surface area (Å²) in [4.78, 5) is 26.7. The Balaban J connectivity index is 2.02. The van der Waals surface area contributed by atoms with Gasteiger partial charge in [-0.3, -0.25) is 9.59 Å². The lowest BCUT2D eigenvalue weighted by Crippen LogP contribution is -2.10. The molecule has 0 saturated heterocycles. The Labute approximate surface area is 130 Å². The van der Waals surface area contributed by atoms with Gasteiger partial charge in [-0.15, -0.1) is 0 Å². The molecule has 0 fully saturated rings. The molecule has 0 aliphatic rings. The molecule has 6 heteroatoms. The van der Waals surface area contributed by atoms with Gasteiger partial charge in [0, 0.05) is 12.5 Å². The predicted octanol–water partition coefficient (Wildman–Crippen LogP) is 3.02. The minimum absolute atomic E-state index is 0.145. The number of carbonyl (C=O) groups is 2. The van der Waals surface area contributed by atoms with Crippen LogP contribution in [0.1, 0.15) is 17.3 Å². The summed E-state index contributed by atoms with van der Waals surface area (Å²) in [7, 11) is 0. The van der Waals surface area contributed by atoms with Gasteiger partial charge >= 0.3 is 0 Å². The molecule has 0 aliphatic carbocycles. The molecule has 0 unspecified atom stereocenters. The molecule has 3 aromatic rings. The van der Waals surface area contributed by atoms with E-state index in [9.17, 15) is 9.59 Å². The highest BCUT2D eigenvalue weighted by molar-refractivity contribution is 7.22. The minimum atomic E-state index is -0.450. The molecule has 110 valence electrons. The topological polar surface area (TPSA) is 85.1 Å². The maximum atomic E-state index is 11.3. The molecule has 2 aromatic carbocycles. The smallest absolute Gasteiger partial charge is 0.248 e. The highest BCUT2D eigenvalue weighted by atomic mass is 32.1. The fourth-order valence-corrected chi connectivity index (χ4v) is 3.11. The molecule has 3 rings (SSSR count). The first-order valence-electron chi connectivity index (χ1n) is 6.61. The lowest BCUT2D eigenvalue weighted by atomic mass is 10.0. The summed E-state index contributed by atoms with van der Waals surface area (Å²) in [5.74, 6) is -0.595. The van der Waals surface area contributed by atoms with Crippen molar-refractivity contribution in [1.82, 2.24) is 4.98 Å². The van der Waals surface area contributed by atoms with Crippen molar-refractivity contribution in [2.45, 2.75) is 6.92 Å². The van der Waals surface area contributed by atoms with Crippen LogP contribution in [0.25, 0.3) is 21.3 Å². The molecule has 0 aliphatic heterocycles. The zero-order valence-corrected chi connectivity index (χ0v) is 12.6.